The number of ether oxygens (including phenoxy) is 1. The van der Waals surface area contributed by atoms with E-state index in [1.54, 1.807) is 25.1 Å². The standard InChI is InChI=1S/C13H20ClNO3S/c1-3-19(16,17)8-4-7-18-13-6-5-11(14)9-12(13)10(2)15/h5-6,9-10H,3-4,7-8,15H2,1-2H3/t10-/m0/s1. The first-order valence-electron chi connectivity index (χ1n) is 6.24. The summed E-state index contributed by atoms with van der Waals surface area (Å²) in [6.07, 6.45) is 0.469. The lowest BCUT2D eigenvalue weighted by atomic mass is 10.1. The lowest BCUT2D eigenvalue weighted by molar-refractivity contribution is 0.313. The largest absolute Gasteiger partial charge is 0.493 e. The van der Waals surface area contributed by atoms with E-state index in [4.69, 9.17) is 22.1 Å². The highest BCUT2D eigenvalue weighted by atomic mass is 35.5. The van der Waals surface area contributed by atoms with E-state index in [0.29, 0.717) is 23.8 Å². The van der Waals surface area contributed by atoms with Crippen molar-refractivity contribution in [2.45, 2.75) is 26.3 Å². The van der Waals surface area contributed by atoms with Crippen LogP contribution >= 0.6 is 11.6 Å². The highest BCUT2D eigenvalue weighted by molar-refractivity contribution is 7.91. The van der Waals surface area contributed by atoms with Crippen LogP contribution in [0.15, 0.2) is 18.2 Å². The van der Waals surface area contributed by atoms with E-state index in [9.17, 15) is 8.42 Å². The quantitative estimate of drug-likeness (QED) is 0.786. The van der Waals surface area contributed by atoms with Crippen LogP contribution in [0.1, 0.15) is 31.9 Å². The zero-order chi connectivity index (χ0) is 14.5. The number of benzene rings is 1. The predicted octanol–water partition coefficient (Wildman–Crippen LogP) is 2.56. The molecular weight excluding hydrogens is 286 g/mol. The molecule has 0 aliphatic heterocycles. The van der Waals surface area contributed by atoms with Crippen LogP contribution in [0, 0.1) is 0 Å². The van der Waals surface area contributed by atoms with Gasteiger partial charge in [0.15, 0.2) is 0 Å². The first kappa shape index (κ1) is 16.3. The van der Waals surface area contributed by atoms with E-state index in [1.807, 2.05) is 6.92 Å². The van der Waals surface area contributed by atoms with E-state index >= 15 is 0 Å². The summed E-state index contributed by atoms with van der Waals surface area (Å²) >= 11 is 5.91. The molecule has 4 nitrogen and oxygen atoms in total. The maximum Gasteiger partial charge on any atom is 0.150 e. The minimum atomic E-state index is -2.93. The highest BCUT2D eigenvalue weighted by Gasteiger charge is 2.10. The SMILES string of the molecule is CCS(=O)(=O)CCCOc1ccc(Cl)cc1[C@H](C)N. The molecule has 0 saturated heterocycles. The van der Waals surface area contributed by atoms with Crippen LogP contribution in [-0.2, 0) is 9.84 Å². The van der Waals surface area contributed by atoms with Gasteiger partial charge in [-0.25, -0.2) is 8.42 Å². The van der Waals surface area contributed by atoms with Crippen molar-refractivity contribution in [3.8, 4) is 5.75 Å². The van der Waals surface area contributed by atoms with Gasteiger partial charge in [-0.3, -0.25) is 0 Å². The second-order valence-electron chi connectivity index (χ2n) is 4.41. The Bertz CT molecular complexity index is 515. The summed E-state index contributed by atoms with van der Waals surface area (Å²) in [7, 11) is -2.93. The summed E-state index contributed by atoms with van der Waals surface area (Å²) in [5.74, 6) is 0.970. The molecule has 1 atom stereocenters. The van der Waals surface area contributed by atoms with Crippen molar-refractivity contribution >= 4 is 21.4 Å². The van der Waals surface area contributed by atoms with Crippen LogP contribution in [0.25, 0.3) is 0 Å². The molecular formula is C13H20ClNO3S. The fourth-order valence-electron chi connectivity index (χ4n) is 1.61. The Morgan fingerprint density at radius 2 is 2.11 bits per heavy atom. The third kappa shape index (κ3) is 5.38. The number of nitrogens with two attached hydrogens (primary N) is 1. The lowest BCUT2D eigenvalue weighted by Crippen LogP contribution is -2.13. The van der Waals surface area contributed by atoms with Crippen LogP contribution < -0.4 is 10.5 Å². The third-order valence-corrected chi connectivity index (χ3v) is 4.78. The van der Waals surface area contributed by atoms with Gasteiger partial charge in [0.05, 0.1) is 12.4 Å². The third-order valence-electron chi connectivity index (χ3n) is 2.76. The van der Waals surface area contributed by atoms with Gasteiger partial charge in [0.2, 0.25) is 0 Å². The van der Waals surface area contributed by atoms with Gasteiger partial charge in [0, 0.05) is 22.4 Å². The maximum absolute atomic E-state index is 11.3. The van der Waals surface area contributed by atoms with Gasteiger partial charge in [-0.2, -0.15) is 0 Å². The van der Waals surface area contributed by atoms with E-state index in [1.165, 1.54) is 0 Å². The summed E-state index contributed by atoms with van der Waals surface area (Å²) < 4.78 is 28.3. The average molecular weight is 306 g/mol. The van der Waals surface area contributed by atoms with Crippen molar-refractivity contribution in [3.05, 3.63) is 28.8 Å². The number of hydrogen-bond acceptors (Lipinski definition) is 4. The minimum Gasteiger partial charge on any atom is -0.493 e. The molecule has 0 bridgehead atoms. The molecule has 6 heteroatoms. The Hall–Kier alpha value is -0.780. The van der Waals surface area contributed by atoms with Crippen molar-refractivity contribution in [1.29, 1.82) is 0 Å². The zero-order valence-electron chi connectivity index (χ0n) is 11.2. The molecule has 0 aromatic heterocycles. The van der Waals surface area contributed by atoms with E-state index in [0.717, 1.165) is 5.56 Å². The second-order valence-corrected chi connectivity index (χ2v) is 7.32. The maximum atomic E-state index is 11.3. The molecule has 108 valence electrons. The molecule has 0 spiro atoms. The fraction of sp³-hybridized carbons (Fsp3) is 0.538. The smallest absolute Gasteiger partial charge is 0.150 e. The topological polar surface area (TPSA) is 69.4 Å². The van der Waals surface area contributed by atoms with Crippen LogP contribution in [0.3, 0.4) is 0 Å². The summed E-state index contributed by atoms with van der Waals surface area (Å²) in [4.78, 5) is 0. The number of sulfone groups is 1. The molecule has 0 unspecified atom stereocenters. The molecule has 0 aliphatic rings. The predicted molar refractivity (Wildman–Crippen MR) is 78.5 cm³/mol. The van der Waals surface area contributed by atoms with Gasteiger partial charge < -0.3 is 10.5 Å². The van der Waals surface area contributed by atoms with Gasteiger partial charge in [-0.05, 0) is 31.5 Å². The second kappa shape index (κ2) is 7.12. The van der Waals surface area contributed by atoms with E-state index in [2.05, 4.69) is 0 Å². The monoisotopic (exact) mass is 305 g/mol. The molecule has 0 heterocycles. The summed E-state index contributed by atoms with van der Waals surface area (Å²) in [5, 5.41) is 0.605. The van der Waals surface area contributed by atoms with Crippen molar-refractivity contribution in [2.75, 3.05) is 18.1 Å². The molecule has 0 saturated carbocycles. The van der Waals surface area contributed by atoms with Gasteiger partial charge in [0.1, 0.15) is 15.6 Å². The molecule has 1 aromatic carbocycles. The van der Waals surface area contributed by atoms with E-state index in [-0.39, 0.29) is 17.5 Å². The summed E-state index contributed by atoms with van der Waals surface area (Å²) in [6.45, 7) is 3.84. The minimum absolute atomic E-state index is 0.143. The molecule has 0 fully saturated rings. The van der Waals surface area contributed by atoms with Crippen molar-refractivity contribution in [1.82, 2.24) is 0 Å². The first-order chi connectivity index (χ1) is 8.85. The normalized spacial score (nSPS) is 13.3. The Balaban J connectivity index is 2.59. The van der Waals surface area contributed by atoms with Gasteiger partial charge in [0.25, 0.3) is 0 Å². The zero-order valence-corrected chi connectivity index (χ0v) is 12.8. The van der Waals surface area contributed by atoms with Crippen LogP contribution in [0.5, 0.6) is 5.75 Å². The number of rotatable bonds is 7. The molecule has 0 aliphatic carbocycles. The molecule has 0 radical (unpaired) electrons. The summed E-state index contributed by atoms with van der Waals surface area (Å²) in [5.41, 5.74) is 6.67. The van der Waals surface area contributed by atoms with Gasteiger partial charge in [-0.1, -0.05) is 18.5 Å². The van der Waals surface area contributed by atoms with Gasteiger partial charge in [-0.15, -0.1) is 0 Å². The van der Waals surface area contributed by atoms with Gasteiger partial charge >= 0.3 is 0 Å². The van der Waals surface area contributed by atoms with E-state index < -0.39 is 9.84 Å². The number of hydrogen-bond donors (Lipinski definition) is 1. The first-order valence-corrected chi connectivity index (χ1v) is 8.44. The Labute approximate surface area is 119 Å². The van der Waals surface area contributed by atoms with Crippen LogP contribution in [-0.4, -0.2) is 26.5 Å². The van der Waals surface area contributed by atoms with Crippen molar-refractivity contribution in [3.63, 3.8) is 0 Å². The number of halogens is 1. The highest BCUT2D eigenvalue weighted by Crippen LogP contribution is 2.27. The average Bonchev–Trinajstić information content (AvgIpc) is 2.36. The molecule has 0 amide bonds. The Morgan fingerprint density at radius 1 is 1.42 bits per heavy atom. The fourth-order valence-corrected chi connectivity index (χ4v) is 2.64. The van der Waals surface area contributed by atoms with Crippen LogP contribution in [0.4, 0.5) is 0 Å². The Kier molecular flexibility index (Phi) is 6.10. The van der Waals surface area contributed by atoms with Crippen LogP contribution in [0.2, 0.25) is 5.02 Å². The molecule has 19 heavy (non-hydrogen) atoms. The van der Waals surface area contributed by atoms with Crippen molar-refractivity contribution in [2.24, 2.45) is 5.73 Å². The molecule has 1 aromatic rings. The Morgan fingerprint density at radius 3 is 2.68 bits per heavy atom. The molecule has 2 N–H and O–H groups in total. The van der Waals surface area contributed by atoms with Crippen molar-refractivity contribution < 1.29 is 13.2 Å². The lowest BCUT2D eigenvalue weighted by Gasteiger charge is -2.14. The molecule has 1 rings (SSSR count). The summed E-state index contributed by atoms with van der Waals surface area (Å²) in [6, 6.07) is 5.07.